The first-order valence-corrected chi connectivity index (χ1v) is 6.66. The summed E-state index contributed by atoms with van der Waals surface area (Å²) in [6.45, 7) is 2.41. The molecule has 106 valence electrons. The third-order valence-electron chi connectivity index (χ3n) is 2.64. The fourth-order valence-electron chi connectivity index (χ4n) is 1.73. The van der Waals surface area contributed by atoms with Crippen LogP contribution in [0.15, 0.2) is 39.2 Å². The molecule has 0 saturated heterocycles. The summed E-state index contributed by atoms with van der Waals surface area (Å²) < 4.78 is 11.0. The summed E-state index contributed by atoms with van der Waals surface area (Å²) in [5.74, 6) is 0.378. The Labute approximate surface area is 123 Å². The van der Waals surface area contributed by atoms with Crippen LogP contribution in [-0.2, 0) is 0 Å². The van der Waals surface area contributed by atoms with Gasteiger partial charge in [-0.3, -0.25) is 10.1 Å². The molecule has 1 atom stereocenters. The highest BCUT2D eigenvalue weighted by Crippen LogP contribution is 2.33. The zero-order chi connectivity index (χ0) is 14.7. The van der Waals surface area contributed by atoms with E-state index in [0.29, 0.717) is 22.4 Å². The van der Waals surface area contributed by atoms with E-state index in [0.717, 1.165) is 0 Å². The molecule has 0 fully saturated rings. The van der Waals surface area contributed by atoms with Crippen molar-refractivity contribution < 1.29 is 19.2 Å². The van der Waals surface area contributed by atoms with Crippen LogP contribution in [0, 0.1) is 10.1 Å². The van der Waals surface area contributed by atoms with Crippen LogP contribution in [0.1, 0.15) is 24.4 Å². The molecule has 0 spiro atoms. The Morgan fingerprint density at radius 3 is 2.75 bits per heavy atom. The summed E-state index contributed by atoms with van der Waals surface area (Å²) in [5, 5.41) is 20.8. The van der Waals surface area contributed by atoms with E-state index in [2.05, 4.69) is 15.9 Å². The van der Waals surface area contributed by atoms with Crippen LogP contribution in [-0.4, -0.2) is 16.6 Å². The average Bonchev–Trinajstić information content (AvgIpc) is 2.88. The van der Waals surface area contributed by atoms with Gasteiger partial charge in [-0.15, -0.1) is 0 Å². The van der Waals surface area contributed by atoms with Crippen LogP contribution >= 0.6 is 15.9 Å². The highest BCUT2D eigenvalue weighted by molar-refractivity contribution is 9.10. The largest absolute Gasteiger partial charge is 0.494 e. The number of hydrogen-bond donors (Lipinski definition) is 1. The molecule has 1 N–H and O–H groups in total. The molecule has 1 aromatic heterocycles. The van der Waals surface area contributed by atoms with E-state index in [9.17, 15) is 15.2 Å². The molecule has 1 aromatic carbocycles. The van der Waals surface area contributed by atoms with Gasteiger partial charge in [-0.1, -0.05) is 22.0 Å². The Morgan fingerprint density at radius 2 is 2.20 bits per heavy atom. The Bertz CT molecular complexity index is 625. The van der Waals surface area contributed by atoms with Crippen molar-refractivity contribution >= 4 is 21.8 Å². The maximum Gasteiger partial charge on any atom is 0.433 e. The van der Waals surface area contributed by atoms with Crippen LogP contribution < -0.4 is 4.74 Å². The lowest BCUT2D eigenvalue weighted by atomic mass is 10.1. The van der Waals surface area contributed by atoms with Gasteiger partial charge in [0.2, 0.25) is 0 Å². The van der Waals surface area contributed by atoms with Crippen molar-refractivity contribution in [2.45, 2.75) is 13.0 Å². The van der Waals surface area contributed by atoms with E-state index in [1.807, 2.05) is 6.92 Å². The molecular formula is C13H12BrNO5. The van der Waals surface area contributed by atoms with Crippen LogP contribution in [0.4, 0.5) is 5.88 Å². The smallest absolute Gasteiger partial charge is 0.433 e. The van der Waals surface area contributed by atoms with Gasteiger partial charge in [-0.2, -0.15) is 0 Å². The molecular weight excluding hydrogens is 330 g/mol. The van der Waals surface area contributed by atoms with Gasteiger partial charge in [-0.05, 0) is 25.1 Å². The van der Waals surface area contributed by atoms with E-state index in [1.54, 1.807) is 18.2 Å². The lowest BCUT2D eigenvalue weighted by Crippen LogP contribution is -2.00. The van der Waals surface area contributed by atoms with E-state index < -0.39 is 16.9 Å². The third kappa shape index (κ3) is 3.00. The monoisotopic (exact) mass is 341 g/mol. The minimum atomic E-state index is -1.09. The molecule has 0 radical (unpaired) electrons. The first kappa shape index (κ1) is 14.5. The fourth-order valence-corrected chi connectivity index (χ4v) is 2.30. The van der Waals surface area contributed by atoms with Crippen LogP contribution in [0.25, 0.3) is 0 Å². The van der Waals surface area contributed by atoms with Gasteiger partial charge in [0.25, 0.3) is 0 Å². The number of hydrogen-bond acceptors (Lipinski definition) is 5. The molecule has 1 unspecified atom stereocenters. The topological polar surface area (TPSA) is 85.7 Å². The molecule has 0 aliphatic carbocycles. The van der Waals surface area contributed by atoms with Crippen LogP contribution in [0.3, 0.4) is 0 Å². The number of aliphatic hydroxyl groups excluding tert-OH is 1. The zero-order valence-electron chi connectivity index (χ0n) is 10.6. The van der Waals surface area contributed by atoms with E-state index in [4.69, 9.17) is 9.15 Å². The number of furan rings is 1. The number of nitrogens with zero attached hydrogens (tertiary/aromatic N) is 1. The molecule has 0 aliphatic rings. The second kappa shape index (κ2) is 6.06. The molecule has 2 rings (SSSR count). The van der Waals surface area contributed by atoms with Gasteiger partial charge in [0.1, 0.15) is 22.5 Å². The Morgan fingerprint density at radius 1 is 1.45 bits per heavy atom. The van der Waals surface area contributed by atoms with E-state index in [1.165, 1.54) is 12.1 Å². The molecule has 1 heterocycles. The first-order valence-electron chi connectivity index (χ1n) is 5.87. The second-order valence-electron chi connectivity index (χ2n) is 3.95. The number of ether oxygens (including phenoxy) is 1. The first-order chi connectivity index (χ1) is 9.52. The Hall–Kier alpha value is -1.86. The van der Waals surface area contributed by atoms with Crippen molar-refractivity contribution in [3.8, 4) is 5.75 Å². The van der Waals surface area contributed by atoms with Gasteiger partial charge in [0, 0.05) is 10.0 Å². The van der Waals surface area contributed by atoms with Crippen LogP contribution in [0.2, 0.25) is 0 Å². The Kier molecular flexibility index (Phi) is 4.41. The predicted octanol–water partition coefficient (Wildman–Crippen LogP) is 3.43. The highest BCUT2D eigenvalue weighted by atomic mass is 79.9. The lowest BCUT2D eigenvalue weighted by Gasteiger charge is -2.11. The normalized spacial score (nSPS) is 12.2. The number of nitro groups is 1. The SMILES string of the molecule is CCOc1ccc(C(O)c2ccc([N+](=O)[O-])o2)c(Br)c1. The maximum absolute atomic E-state index is 10.6. The van der Waals surface area contributed by atoms with Crippen molar-refractivity contribution in [2.75, 3.05) is 6.61 Å². The zero-order valence-corrected chi connectivity index (χ0v) is 12.2. The minimum Gasteiger partial charge on any atom is -0.494 e. The molecule has 20 heavy (non-hydrogen) atoms. The second-order valence-corrected chi connectivity index (χ2v) is 4.81. The Balaban J connectivity index is 2.27. The van der Waals surface area contributed by atoms with Crippen molar-refractivity contribution in [3.63, 3.8) is 0 Å². The summed E-state index contributed by atoms with van der Waals surface area (Å²) in [6, 6.07) is 7.70. The maximum atomic E-state index is 10.6. The summed E-state index contributed by atoms with van der Waals surface area (Å²) in [5.41, 5.74) is 0.540. The quantitative estimate of drug-likeness (QED) is 0.665. The van der Waals surface area contributed by atoms with Crippen LogP contribution in [0.5, 0.6) is 5.75 Å². The van der Waals surface area contributed by atoms with Crippen molar-refractivity contribution in [2.24, 2.45) is 0 Å². The average molecular weight is 342 g/mol. The number of halogens is 1. The van der Waals surface area contributed by atoms with Crippen molar-refractivity contribution in [1.29, 1.82) is 0 Å². The molecule has 0 aliphatic heterocycles. The molecule has 0 bridgehead atoms. The lowest BCUT2D eigenvalue weighted by molar-refractivity contribution is -0.402. The van der Waals surface area contributed by atoms with Crippen molar-refractivity contribution in [1.82, 2.24) is 0 Å². The van der Waals surface area contributed by atoms with Gasteiger partial charge in [-0.25, -0.2) is 0 Å². The minimum absolute atomic E-state index is 0.113. The molecule has 7 heteroatoms. The molecule has 0 saturated carbocycles. The molecule has 6 nitrogen and oxygen atoms in total. The highest BCUT2D eigenvalue weighted by Gasteiger charge is 2.21. The van der Waals surface area contributed by atoms with Gasteiger partial charge in [0.05, 0.1) is 12.7 Å². The summed E-state index contributed by atoms with van der Waals surface area (Å²) in [6.07, 6.45) is -1.09. The summed E-state index contributed by atoms with van der Waals surface area (Å²) >= 11 is 3.34. The number of aliphatic hydroxyl groups is 1. The number of rotatable bonds is 5. The molecule has 0 amide bonds. The standard InChI is InChI=1S/C13H12BrNO5/c1-2-19-8-3-4-9(10(14)7-8)13(16)11-5-6-12(20-11)15(17)18/h3-7,13,16H,2H2,1H3. The van der Waals surface area contributed by atoms with Gasteiger partial charge >= 0.3 is 5.88 Å². The van der Waals surface area contributed by atoms with E-state index in [-0.39, 0.29) is 5.76 Å². The predicted molar refractivity (Wildman–Crippen MR) is 74.7 cm³/mol. The number of benzene rings is 1. The fraction of sp³-hybridized carbons (Fsp3) is 0.231. The molecule has 2 aromatic rings. The summed E-state index contributed by atoms with van der Waals surface area (Å²) in [4.78, 5) is 9.91. The third-order valence-corrected chi connectivity index (χ3v) is 3.33. The van der Waals surface area contributed by atoms with Crippen molar-refractivity contribution in [3.05, 3.63) is 56.2 Å². The van der Waals surface area contributed by atoms with Gasteiger partial charge in [0.15, 0.2) is 0 Å². The van der Waals surface area contributed by atoms with Gasteiger partial charge < -0.3 is 14.3 Å². The summed E-state index contributed by atoms with van der Waals surface area (Å²) in [7, 11) is 0. The van der Waals surface area contributed by atoms with E-state index >= 15 is 0 Å².